The summed E-state index contributed by atoms with van der Waals surface area (Å²) in [5.41, 5.74) is 2.34. The monoisotopic (exact) mass is 220 g/mol. The van der Waals surface area contributed by atoms with Crippen LogP contribution in [0.15, 0.2) is 36.5 Å². The van der Waals surface area contributed by atoms with Gasteiger partial charge in [-0.3, -0.25) is 0 Å². The average molecular weight is 221 g/mol. The number of benzene rings is 1. The first kappa shape index (κ1) is 10.2. The number of imidazole rings is 1. The third-order valence-corrected chi connectivity index (χ3v) is 2.73. The molecule has 2 rings (SSSR count). The maximum Gasteiger partial charge on any atom is 0.106 e. The molecule has 2 aromatic rings. The number of rotatable bonds is 3. The minimum absolute atomic E-state index is 0.508. The zero-order valence-electron chi connectivity index (χ0n) is 8.65. The van der Waals surface area contributed by atoms with Crippen molar-refractivity contribution in [3.8, 4) is 0 Å². The van der Waals surface area contributed by atoms with Crippen LogP contribution in [0.5, 0.6) is 0 Å². The number of alkyl halides is 1. The van der Waals surface area contributed by atoms with E-state index in [1.54, 1.807) is 0 Å². The van der Waals surface area contributed by atoms with Crippen molar-refractivity contribution in [1.29, 1.82) is 0 Å². The van der Waals surface area contributed by atoms with Crippen molar-refractivity contribution in [2.75, 3.05) is 0 Å². The number of hydrogen-bond acceptors (Lipinski definition) is 1. The minimum Gasteiger partial charge on any atom is -0.327 e. The highest BCUT2D eigenvalue weighted by molar-refractivity contribution is 6.16. The second kappa shape index (κ2) is 4.49. The first-order chi connectivity index (χ1) is 7.31. The van der Waals surface area contributed by atoms with Gasteiger partial charge in [0.1, 0.15) is 5.82 Å². The van der Waals surface area contributed by atoms with Gasteiger partial charge < -0.3 is 4.57 Å². The quantitative estimate of drug-likeness (QED) is 0.728. The summed E-state index contributed by atoms with van der Waals surface area (Å²) in [7, 11) is 0. The zero-order chi connectivity index (χ0) is 10.7. The molecule has 15 heavy (non-hydrogen) atoms. The second-order valence-corrected chi connectivity index (χ2v) is 3.77. The molecule has 0 saturated heterocycles. The largest absolute Gasteiger partial charge is 0.327 e. The van der Waals surface area contributed by atoms with Crippen LogP contribution in [0.1, 0.15) is 17.1 Å². The van der Waals surface area contributed by atoms with Gasteiger partial charge in [-0.15, -0.1) is 11.6 Å². The summed E-state index contributed by atoms with van der Waals surface area (Å²) in [5.74, 6) is 1.52. The molecule has 0 aliphatic carbocycles. The van der Waals surface area contributed by atoms with Crippen LogP contribution in [0.2, 0.25) is 0 Å². The fourth-order valence-corrected chi connectivity index (χ4v) is 1.82. The Labute approximate surface area is 94.5 Å². The molecule has 1 aromatic carbocycles. The standard InChI is InChI=1S/C12H13ClN2/c1-10-14-8-12(7-13)15(10)9-11-5-3-2-4-6-11/h2-6,8H,7,9H2,1H3. The highest BCUT2D eigenvalue weighted by atomic mass is 35.5. The fraction of sp³-hybridized carbons (Fsp3) is 0.250. The molecule has 3 heteroatoms. The summed E-state index contributed by atoms with van der Waals surface area (Å²) >= 11 is 5.85. The molecule has 1 aromatic heterocycles. The van der Waals surface area contributed by atoms with Gasteiger partial charge in [-0.1, -0.05) is 30.3 Å². The van der Waals surface area contributed by atoms with Crippen LogP contribution in [0.4, 0.5) is 0 Å². The van der Waals surface area contributed by atoms with Gasteiger partial charge in [0.25, 0.3) is 0 Å². The molecule has 0 atom stereocenters. The highest BCUT2D eigenvalue weighted by Gasteiger charge is 2.05. The SMILES string of the molecule is Cc1ncc(CCl)n1Cc1ccccc1. The smallest absolute Gasteiger partial charge is 0.106 e. The number of aromatic nitrogens is 2. The summed E-state index contributed by atoms with van der Waals surface area (Å²) in [6.45, 7) is 2.84. The predicted octanol–water partition coefficient (Wildman–Crippen LogP) is 2.98. The van der Waals surface area contributed by atoms with Crippen LogP contribution in [-0.4, -0.2) is 9.55 Å². The summed E-state index contributed by atoms with van der Waals surface area (Å²) in [6.07, 6.45) is 1.84. The van der Waals surface area contributed by atoms with Crippen molar-refractivity contribution in [3.63, 3.8) is 0 Å². The van der Waals surface area contributed by atoms with E-state index >= 15 is 0 Å². The summed E-state index contributed by atoms with van der Waals surface area (Å²) < 4.78 is 2.14. The molecule has 1 heterocycles. The van der Waals surface area contributed by atoms with Gasteiger partial charge in [-0.05, 0) is 12.5 Å². The highest BCUT2D eigenvalue weighted by Crippen LogP contribution is 2.11. The first-order valence-corrected chi connectivity index (χ1v) is 5.45. The molecule has 0 radical (unpaired) electrons. The molecule has 0 aliphatic rings. The van der Waals surface area contributed by atoms with E-state index in [-0.39, 0.29) is 0 Å². The lowest BCUT2D eigenvalue weighted by atomic mass is 10.2. The Morgan fingerprint density at radius 3 is 2.67 bits per heavy atom. The van der Waals surface area contributed by atoms with E-state index < -0.39 is 0 Å². The molecule has 0 unspecified atom stereocenters. The third kappa shape index (κ3) is 2.21. The maximum absolute atomic E-state index is 5.85. The van der Waals surface area contributed by atoms with E-state index in [1.165, 1.54) is 5.56 Å². The Morgan fingerprint density at radius 1 is 1.27 bits per heavy atom. The van der Waals surface area contributed by atoms with Gasteiger partial charge in [0, 0.05) is 12.7 Å². The van der Waals surface area contributed by atoms with Crippen molar-refractivity contribution in [2.45, 2.75) is 19.3 Å². The van der Waals surface area contributed by atoms with Crippen LogP contribution in [0.25, 0.3) is 0 Å². The molecule has 0 spiro atoms. The van der Waals surface area contributed by atoms with Gasteiger partial charge in [0.2, 0.25) is 0 Å². The molecule has 0 saturated carbocycles. The summed E-state index contributed by atoms with van der Waals surface area (Å²) in [5, 5.41) is 0. The van der Waals surface area contributed by atoms with E-state index in [2.05, 4.69) is 21.7 Å². The number of hydrogen-bond donors (Lipinski definition) is 0. The fourth-order valence-electron chi connectivity index (χ4n) is 1.60. The van der Waals surface area contributed by atoms with Gasteiger partial charge in [-0.25, -0.2) is 4.98 Å². The van der Waals surface area contributed by atoms with Crippen molar-refractivity contribution in [2.24, 2.45) is 0 Å². The van der Waals surface area contributed by atoms with Crippen LogP contribution in [0, 0.1) is 6.92 Å². The van der Waals surface area contributed by atoms with Crippen molar-refractivity contribution < 1.29 is 0 Å². The Hall–Kier alpha value is -1.28. The normalized spacial score (nSPS) is 10.5. The topological polar surface area (TPSA) is 17.8 Å². The zero-order valence-corrected chi connectivity index (χ0v) is 9.41. The number of nitrogens with zero attached hydrogens (tertiary/aromatic N) is 2. The third-order valence-electron chi connectivity index (χ3n) is 2.46. The number of aryl methyl sites for hydroxylation is 1. The van der Waals surface area contributed by atoms with Gasteiger partial charge in [0.05, 0.1) is 11.6 Å². The first-order valence-electron chi connectivity index (χ1n) is 4.92. The molecule has 0 amide bonds. The van der Waals surface area contributed by atoms with E-state index in [1.807, 2.05) is 31.3 Å². The molecular formula is C12H13ClN2. The van der Waals surface area contributed by atoms with E-state index in [9.17, 15) is 0 Å². The van der Waals surface area contributed by atoms with Crippen molar-refractivity contribution >= 4 is 11.6 Å². The van der Waals surface area contributed by atoms with E-state index in [4.69, 9.17) is 11.6 Å². The molecule has 78 valence electrons. The summed E-state index contributed by atoms with van der Waals surface area (Å²) in [6, 6.07) is 10.3. The van der Waals surface area contributed by atoms with Gasteiger partial charge in [-0.2, -0.15) is 0 Å². The summed E-state index contributed by atoms with van der Waals surface area (Å²) in [4.78, 5) is 4.26. The van der Waals surface area contributed by atoms with E-state index in [0.717, 1.165) is 18.1 Å². The van der Waals surface area contributed by atoms with Crippen LogP contribution >= 0.6 is 11.6 Å². The van der Waals surface area contributed by atoms with Crippen molar-refractivity contribution in [1.82, 2.24) is 9.55 Å². The number of halogens is 1. The average Bonchev–Trinajstić information content (AvgIpc) is 2.62. The van der Waals surface area contributed by atoms with Crippen LogP contribution in [0.3, 0.4) is 0 Å². The van der Waals surface area contributed by atoms with Crippen LogP contribution < -0.4 is 0 Å². The Balaban J connectivity index is 2.27. The van der Waals surface area contributed by atoms with Crippen molar-refractivity contribution in [3.05, 3.63) is 53.6 Å². The Bertz CT molecular complexity index is 434. The molecule has 0 bridgehead atoms. The van der Waals surface area contributed by atoms with Gasteiger partial charge >= 0.3 is 0 Å². The molecule has 0 fully saturated rings. The van der Waals surface area contributed by atoms with E-state index in [0.29, 0.717) is 5.88 Å². The minimum atomic E-state index is 0.508. The molecule has 0 aliphatic heterocycles. The van der Waals surface area contributed by atoms with Gasteiger partial charge in [0.15, 0.2) is 0 Å². The molecule has 2 nitrogen and oxygen atoms in total. The molecule has 0 N–H and O–H groups in total. The molecular weight excluding hydrogens is 208 g/mol. The lowest BCUT2D eigenvalue weighted by molar-refractivity contribution is 0.734. The Kier molecular flexibility index (Phi) is 3.07. The lowest BCUT2D eigenvalue weighted by Gasteiger charge is -2.08. The Morgan fingerprint density at radius 2 is 2.00 bits per heavy atom. The lowest BCUT2D eigenvalue weighted by Crippen LogP contribution is -2.05. The second-order valence-electron chi connectivity index (χ2n) is 3.50. The predicted molar refractivity (Wildman–Crippen MR) is 62.1 cm³/mol. The maximum atomic E-state index is 5.85. The van der Waals surface area contributed by atoms with Crippen LogP contribution in [-0.2, 0) is 12.4 Å².